The lowest BCUT2D eigenvalue weighted by Gasteiger charge is -2.35. The third-order valence-electron chi connectivity index (χ3n) is 16.5. The van der Waals surface area contributed by atoms with Gasteiger partial charge in [0.25, 0.3) is 0 Å². The summed E-state index contributed by atoms with van der Waals surface area (Å²) in [5, 5.41) is 7.19. The van der Waals surface area contributed by atoms with Gasteiger partial charge in [-0.15, -0.1) is 11.3 Å². The average molecular weight is 1040 g/mol. The first-order chi connectivity index (χ1) is 39.7. The number of benzene rings is 12. The summed E-state index contributed by atoms with van der Waals surface area (Å²) < 4.78 is 4.73. The number of hydrogen-bond donors (Lipinski definition) is 0. The highest BCUT2D eigenvalue weighted by Crippen LogP contribution is 2.58. The number of thiophene rings is 1. The predicted octanol–water partition coefficient (Wildman–Crippen LogP) is 19.9. The molecule has 15 aromatic rings. The van der Waals surface area contributed by atoms with Crippen LogP contribution in [0, 0.1) is 0 Å². The van der Waals surface area contributed by atoms with E-state index < -0.39 is 5.41 Å². The number of aromatic nitrogens is 3. The molecule has 0 unspecified atom stereocenters. The summed E-state index contributed by atoms with van der Waals surface area (Å²) in [5.41, 5.74) is 18.6. The van der Waals surface area contributed by atoms with E-state index in [0.717, 1.165) is 50.6 Å². The van der Waals surface area contributed by atoms with Crippen LogP contribution in [0.3, 0.4) is 0 Å². The molecule has 0 fully saturated rings. The minimum atomic E-state index is -0.564. The number of hydrogen-bond acceptors (Lipinski definition) is 4. The first-order valence-corrected chi connectivity index (χ1v) is 28.1. The average Bonchev–Trinajstić information content (AvgIpc) is 4.23. The summed E-state index contributed by atoms with van der Waals surface area (Å²) in [6.07, 6.45) is 0. The second kappa shape index (κ2) is 18.5. The minimum absolute atomic E-state index is 0.564. The maximum atomic E-state index is 5.44. The maximum Gasteiger partial charge on any atom is 0.235 e. The van der Waals surface area contributed by atoms with Gasteiger partial charge in [0.15, 0.2) is 0 Å². The van der Waals surface area contributed by atoms with Gasteiger partial charge in [-0.2, -0.15) is 0 Å². The van der Waals surface area contributed by atoms with Crippen molar-refractivity contribution in [3.63, 3.8) is 0 Å². The lowest BCUT2D eigenvalue weighted by molar-refractivity contribution is 0.768. The Balaban J connectivity index is 0.965. The third-order valence-corrected chi connectivity index (χ3v) is 17.8. The highest BCUT2D eigenvalue weighted by molar-refractivity contribution is 7.27. The first-order valence-electron chi connectivity index (χ1n) is 27.3. The molecular weight excluding hydrogens is 989 g/mol. The van der Waals surface area contributed by atoms with Gasteiger partial charge in [-0.1, -0.05) is 243 Å². The van der Waals surface area contributed by atoms with Gasteiger partial charge >= 0.3 is 0 Å². The molecule has 0 saturated heterocycles. The number of anilines is 3. The number of fused-ring (bicyclic) bond motifs is 12. The Morgan fingerprint density at radius 3 is 1.56 bits per heavy atom. The smallest absolute Gasteiger partial charge is 0.235 e. The molecule has 1 aliphatic carbocycles. The van der Waals surface area contributed by atoms with E-state index >= 15 is 0 Å². The van der Waals surface area contributed by atoms with E-state index in [4.69, 9.17) is 9.97 Å². The van der Waals surface area contributed by atoms with E-state index in [0.29, 0.717) is 5.95 Å². The van der Waals surface area contributed by atoms with Crippen LogP contribution in [0.5, 0.6) is 0 Å². The van der Waals surface area contributed by atoms with E-state index in [1.165, 1.54) is 86.2 Å². The molecule has 16 rings (SSSR count). The van der Waals surface area contributed by atoms with E-state index in [1.54, 1.807) is 0 Å². The Morgan fingerprint density at radius 2 is 0.875 bits per heavy atom. The van der Waals surface area contributed by atoms with Crippen molar-refractivity contribution in [1.82, 2.24) is 14.5 Å². The van der Waals surface area contributed by atoms with Crippen LogP contribution in [0.4, 0.5) is 17.1 Å². The zero-order valence-electron chi connectivity index (χ0n) is 43.4. The fraction of sp³-hybridized carbons (Fsp3) is 0.0133. The molecule has 0 aliphatic heterocycles. The van der Waals surface area contributed by atoms with Crippen LogP contribution >= 0.6 is 11.3 Å². The molecular formula is C75H48N4S. The topological polar surface area (TPSA) is 34.0 Å². The quantitative estimate of drug-likeness (QED) is 0.144. The van der Waals surface area contributed by atoms with E-state index in [-0.39, 0.29) is 0 Å². The number of nitrogens with zero attached hydrogens (tertiary/aromatic N) is 4. The molecule has 3 heterocycles. The van der Waals surface area contributed by atoms with Crippen LogP contribution in [-0.4, -0.2) is 14.5 Å². The van der Waals surface area contributed by atoms with Gasteiger partial charge in [-0.05, 0) is 104 Å². The van der Waals surface area contributed by atoms with Crippen LogP contribution < -0.4 is 4.90 Å². The van der Waals surface area contributed by atoms with Gasteiger partial charge in [0, 0.05) is 48.7 Å². The molecule has 374 valence electrons. The SMILES string of the molecule is c1ccc(-c2ccc(N(c3ccc4c(c3)C(c3ccccc3)(c3ccccc3)c3ccccc3-4)c3cccc4c3sc3c4ccc4c3c3c5ccccc5ccc3n4-c3nc(-c4ccccc4)cc(-c4ccccc4)n3)cc2)cc1. The molecule has 0 radical (unpaired) electrons. The fourth-order valence-corrected chi connectivity index (χ4v) is 14.3. The van der Waals surface area contributed by atoms with Gasteiger partial charge < -0.3 is 4.90 Å². The van der Waals surface area contributed by atoms with E-state index in [1.807, 2.05) is 11.3 Å². The van der Waals surface area contributed by atoms with Gasteiger partial charge in [-0.3, -0.25) is 4.57 Å². The Bertz CT molecular complexity index is 4760. The van der Waals surface area contributed by atoms with Crippen LogP contribution in [0.1, 0.15) is 22.3 Å². The molecule has 0 N–H and O–H groups in total. The van der Waals surface area contributed by atoms with Crippen LogP contribution in [0.25, 0.3) is 103 Å². The molecule has 4 nitrogen and oxygen atoms in total. The summed E-state index contributed by atoms with van der Waals surface area (Å²) in [4.78, 5) is 13.4. The highest BCUT2D eigenvalue weighted by Gasteiger charge is 2.46. The molecule has 1 aliphatic rings. The fourth-order valence-electron chi connectivity index (χ4n) is 13.0. The summed E-state index contributed by atoms with van der Waals surface area (Å²) in [5.74, 6) is 0.632. The zero-order valence-corrected chi connectivity index (χ0v) is 44.2. The molecule has 0 amide bonds. The summed E-state index contributed by atoms with van der Waals surface area (Å²) >= 11 is 1.88. The normalized spacial score (nSPS) is 12.6. The van der Waals surface area contributed by atoms with Crippen molar-refractivity contribution in [2.24, 2.45) is 0 Å². The van der Waals surface area contributed by atoms with Crippen molar-refractivity contribution < 1.29 is 0 Å². The third kappa shape index (κ3) is 7.07. The molecule has 0 atom stereocenters. The Morgan fingerprint density at radius 1 is 0.350 bits per heavy atom. The molecule has 0 spiro atoms. The Labute approximate surface area is 467 Å². The van der Waals surface area contributed by atoms with E-state index in [9.17, 15) is 0 Å². The molecule has 3 aromatic heterocycles. The molecule has 5 heteroatoms. The second-order valence-electron chi connectivity index (χ2n) is 20.8. The molecule has 0 saturated carbocycles. The largest absolute Gasteiger partial charge is 0.309 e. The van der Waals surface area contributed by atoms with Crippen LogP contribution in [-0.2, 0) is 5.41 Å². The van der Waals surface area contributed by atoms with Crippen LogP contribution in [0.15, 0.2) is 291 Å². The Hall–Kier alpha value is -10.2. The van der Waals surface area contributed by atoms with Gasteiger partial charge in [0.1, 0.15) is 0 Å². The molecule has 80 heavy (non-hydrogen) atoms. The lowest BCUT2D eigenvalue weighted by atomic mass is 9.67. The predicted molar refractivity (Wildman–Crippen MR) is 335 cm³/mol. The summed E-state index contributed by atoms with van der Waals surface area (Å²) in [6.45, 7) is 0. The highest BCUT2D eigenvalue weighted by atomic mass is 32.1. The van der Waals surface area contributed by atoms with Crippen molar-refractivity contribution in [3.05, 3.63) is 313 Å². The summed E-state index contributed by atoms with van der Waals surface area (Å²) in [6, 6.07) is 106. The minimum Gasteiger partial charge on any atom is -0.309 e. The van der Waals surface area contributed by atoms with Crippen molar-refractivity contribution >= 4 is 81.1 Å². The van der Waals surface area contributed by atoms with Crippen molar-refractivity contribution in [1.29, 1.82) is 0 Å². The van der Waals surface area contributed by atoms with Gasteiger partial charge in [0.2, 0.25) is 5.95 Å². The maximum absolute atomic E-state index is 5.44. The van der Waals surface area contributed by atoms with Crippen LogP contribution in [0.2, 0.25) is 0 Å². The Kier molecular flexibility index (Phi) is 10.6. The van der Waals surface area contributed by atoms with Crippen molar-refractivity contribution in [2.45, 2.75) is 5.41 Å². The summed E-state index contributed by atoms with van der Waals surface area (Å²) in [7, 11) is 0. The number of rotatable bonds is 9. The first kappa shape index (κ1) is 45.9. The monoisotopic (exact) mass is 1040 g/mol. The van der Waals surface area contributed by atoms with Crippen molar-refractivity contribution in [2.75, 3.05) is 4.90 Å². The van der Waals surface area contributed by atoms with E-state index in [2.05, 4.69) is 301 Å². The molecule has 12 aromatic carbocycles. The van der Waals surface area contributed by atoms with Gasteiger partial charge in [0.05, 0.1) is 38.2 Å². The van der Waals surface area contributed by atoms with Crippen molar-refractivity contribution in [3.8, 4) is 50.7 Å². The molecule has 0 bridgehead atoms. The lowest BCUT2D eigenvalue weighted by Crippen LogP contribution is -2.28. The zero-order chi connectivity index (χ0) is 52.7. The standard InChI is InChI=1S/C75H48N4S/c1-6-21-49(22-7-1)50-37-40-56(41-38-50)78(57-42-43-60-59-33-18-19-35-63(59)75(64(60)47-57,54-28-12-4-13-29-54)55-30-14-5-15-31-55)69-36-20-34-61-62-44-46-68-71(73(62)80-72(61)69)70-58-32-17-16-23-51(58)39-45-67(70)79(68)74-76-65(52-24-8-2-9-25-52)48-66(77-74)53-26-10-3-11-27-53/h1-48H. The second-order valence-corrected chi connectivity index (χ2v) is 21.8. The van der Waals surface area contributed by atoms with Gasteiger partial charge in [-0.25, -0.2) is 9.97 Å².